The molecule has 0 aliphatic rings. The van der Waals surface area contributed by atoms with Gasteiger partial charge < -0.3 is 5.73 Å². The molecular weight excluding hydrogens is 254 g/mol. The summed E-state index contributed by atoms with van der Waals surface area (Å²) in [5, 5.41) is 0.795. The van der Waals surface area contributed by atoms with E-state index in [0.717, 1.165) is 17.0 Å². The molecule has 0 spiro atoms. The summed E-state index contributed by atoms with van der Waals surface area (Å²) in [6, 6.07) is 16.4. The van der Waals surface area contributed by atoms with Crippen LogP contribution in [0.25, 0.3) is 0 Å². The molecule has 2 rings (SSSR count). The minimum Gasteiger partial charge on any atom is -0.330 e. The van der Waals surface area contributed by atoms with E-state index in [1.165, 1.54) is 11.1 Å². The summed E-state index contributed by atoms with van der Waals surface area (Å²) in [5.41, 5.74) is 9.67. The number of hydrogen-bond donors (Lipinski definition) is 1. The van der Waals surface area contributed by atoms with Gasteiger partial charge in [-0.15, -0.1) is 0 Å². The van der Waals surface area contributed by atoms with E-state index in [9.17, 15) is 0 Å². The zero-order chi connectivity index (χ0) is 13.9. The summed E-state index contributed by atoms with van der Waals surface area (Å²) in [4.78, 5) is 0. The molecule has 1 unspecified atom stereocenters. The molecule has 0 aliphatic heterocycles. The molecule has 2 aromatic carbocycles. The van der Waals surface area contributed by atoms with Crippen LogP contribution in [-0.4, -0.2) is 6.54 Å². The highest BCUT2D eigenvalue weighted by Gasteiger charge is 2.27. The van der Waals surface area contributed by atoms with Gasteiger partial charge in [-0.2, -0.15) is 0 Å². The molecule has 0 bridgehead atoms. The number of halogens is 1. The van der Waals surface area contributed by atoms with Crippen LogP contribution in [0, 0.1) is 6.92 Å². The molecule has 0 saturated heterocycles. The van der Waals surface area contributed by atoms with E-state index in [2.05, 4.69) is 44.2 Å². The number of nitrogens with two attached hydrogens (primary N) is 1. The van der Waals surface area contributed by atoms with Crippen LogP contribution in [0.15, 0.2) is 48.5 Å². The molecule has 2 aromatic rings. The number of hydrogen-bond acceptors (Lipinski definition) is 1. The molecule has 0 heterocycles. The third kappa shape index (κ3) is 2.99. The van der Waals surface area contributed by atoms with Crippen molar-refractivity contribution in [3.8, 4) is 0 Å². The van der Waals surface area contributed by atoms with Crippen molar-refractivity contribution in [2.45, 2.75) is 25.7 Å². The van der Waals surface area contributed by atoms with E-state index in [4.69, 9.17) is 17.3 Å². The minimum atomic E-state index is -0.134. The van der Waals surface area contributed by atoms with Crippen LogP contribution in [0.3, 0.4) is 0 Å². The second-order valence-corrected chi connectivity index (χ2v) is 5.76. The summed E-state index contributed by atoms with van der Waals surface area (Å²) < 4.78 is 0. The fourth-order valence-electron chi connectivity index (χ4n) is 2.46. The first kappa shape index (κ1) is 14.1. The number of benzene rings is 2. The maximum atomic E-state index is 6.34. The van der Waals surface area contributed by atoms with E-state index in [0.29, 0.717) is 6.54 Å². The Labute approximate surface area is 120 Å². The van der Waals surface area contributed by atoms with E-state index < -0.39 is 0 Å². The maximum Gasteiger partial charge on any atom is 0.0444 e. The van der Waals surface area contributed by atoms with Gasteiger partial charge in [0.15, 0.2) is 0 Å². The van der Waals surface area contributed by atoms with Gasteiger partial charge in [0.05, 0.1) is 0 Å². The Hall–Kier alpha value is -1.31. The molecular formula is C17H20ClN. The Morgan fingerprint density at radius 1 is 1.05 bits per heavy atom. The second-order valence-electron chi connectivity index (χ2n) is 5.35. The Bertz CT molecular complexity index is 565. The van der Waals surface area contributed by atoms with Crippen LogP contribution in [0.4, 0.5) is 0 Å². The van der Waals surface area contributed by atoms with Gasteiger partial charge in [-0.3, -0.25) is 0 Å². The van der Waals surface area contributed by atoms with Crippen LogP contribution in [0.2, 0.25) is 5.02 Å². The van der Waals surface area contributed by atoms with Crippen LogP contribution in [0.5, 0.6) is 0 Å². The summed E-state index contributed by atoms with van der Waals surface area (Å²) >= 11 is 6.34. The molecule has 0 amide bonds. The molecule has 19 heavy (non-hydrogen) atoms. The van der Waals surface area contributed by atoms with Crippen molar-refractivity contribution < 1.29 is 0 Å². The van der Waals surface area contributed by atoms with E-state index in [-0.39, 0.29) is 5.41 Å². The highest BCUT2D eigenvalue weighted by Crippen LogP contribution is 2.33. The third-order valence-corrected chi connectivity index (χ3v) is 4.15. The average Bonchev–Trinajstić information content (AvgIpc) is 2.42. The topological polar surface area (TPSA) is 26.0 Å². The first-order valence-corrected chi connectivity index (χ1v) is 6.94. The fourth-order valence-corrected chi connectivity index (χ4v) is 2.82. The molecule has 0 aliphatic carbocycles. The lowest BCUT2D eigenvalue weighted by Gasteiger charge is -2.30. The highest BCUT2D eigenvalue weighted by atomic mass is 35.5. The molecule has 0 radical (unpaired) electrons. The molecule has 2 N–H and O–H groups in total. The van der Waals surface area contributed by atoms with Gasteiger partial charge in [-0.05, 0) is 36.1 Å². The molecule has 0 fully saturated rings. The van der Waals surface area contributed by atoms with Crippen LogP contribution >= 0.6 is 11.6 Å². The second kappa shape index (κ2) is 5.77. The van der Waals surface area contributed by atoms with Crippen LogP contribution < -0.4 is 5.73 Å². The van der Waals surface area contributed by atoms with Gasteiger partial charge >= 0.3 is 0 Å². The normalized spacial score (nSPS) is 14.1. The Morgan fingerprint density at radius 2 is 1.68 bits per heavy atom. The smallest absolute Gasteiger partial charge is 0.0444 e. The molecule has 1 nitrogen and oxygen atoms in total. The Morgan fingerprint density at radius 3 is 2.32 bits per heavy atom. The average molecular weight is 274 g/mol. The number of aryl methyl sites for hydroxylation is 1. The van der Waals surface area contributed by atoms with Crippen LogP contribution in [-0.2, 0) is 11.8 Å². The van der Waals surface area contributed by atoms with Crippen molar-refractivity contribution >= 4 is 11.6 Å². The van der Waals surface area contributed by atoms with Gasteiger partial charge in [0.2, 0.25) is 0 Å². The molecule has 0 aromatic heterocycles. The van der Waals surface area contributed by atoms with Gasteiger partial charge in [0.25, 0.3) is 0 Å². The first-order valence-electron chi connectivity index (χ1n) is 6.56. The van der Waals surface area contributed by atoms with Crippen LogP contribution in [0.1, 0.15) is 23.6 Å². The van der Waals surface area contributed by atoms with Gasteiger partial charge in [-0.1, -0.05) is 61.0 Å². The third-order valence-electron chi connectivity index (χ3n) is 3.82. The lowest BCUT2D eigenvalue weighted by atomic mass is 9.76. The van der Waals surface area contributed by atoms with E-state index in [1.54, 1.807) is 0 Å². The van der Waals surface area contributed by atoms with Gasteiger partial charge in [0.1, 0.15) is 0 Å². The number of rotatable bonds is 4. The summed E-state index contributed by atoms with van der Waals surface area (Å²) in [5.74, 6) is 0. The van der Waals surface area contributed by atoms with Crippen molar-refractivity contribution in [1.82, 2.24) is 0 Å². The lowest BCUT2D eigenvalue weighted by molar-refractivity contribution is 0.480. The lowest BCUT2D eigenvalue weighted by Crippen LogP contribution is -2.34. The maximum absolute atomic E-state index is 6.34. The SMILES string of the molecule is Cc1ccccc1CC(C)(CN)c1ccccc1Cl. The van der Waals surface area contributed by atoms with Gasteiger partial charge in [-0.25, -0.2) is 0 Å². The molecule has 1 atom stereocenters. The Balaban J connectivity index is 2.39. The van der Waals surface area contributed by atoms with Crippen molar-refractivity contribution in [1.29, 1.82) is 0 Å². The van der Waals surface area contributed by atoms with Gasteiger partial charge in [0, 0.05) is 17.0 Å². The fraction of sp³-hybridized carbons (Fsp3) is 0.294. The Kier molecular flexibility index (Phi) is 4.28. The van der Waals surface area contributed by atoms with Crippen molar-refractivity contribution in [3.63, 3.8) is 0 Å². The highest BCUT2D eigenvalue weighted by molar-refractivity contribution is 6.31. The summed E-state index contributed by atoms with van der Waals surface area (Å²) in [6.45, 7) is 4.89. The summed E-state index contributed by atoms with van der Waals surface area (Å²) in [7, 11) is 0. The van der Waals surface area contributed by atoms with E-state index in [1.807, 2.05) is 18.2 Å². The quantitative estimate of drug-likeness (QED) is 0.891. The zero-order valence-electron chi connectivity index (χ0n) is 11.5. The monoisotopic (exact) mass is 273 g/mol. The first-order chi connectivity index (χ1) is 9.07. The zero-order valence-corrected chi connectivity index (χ0v) is 12.2. The van der Waals surface area contributed by atoms with E-state index >= 15 is 0 Å². The molecule has 100 valence electrons. The summed E-state index contributed by atoms with van der Waals surface area (Å²) in [6.07, 6.45) is 0.903. The molecule has 0 saturated carbocycles. The predicted octanol–water partition coefficient (Wildman–Crippen LogP) is 4.11. The van der Waals surface area contributed by atoms with Crippen molar-refractivity contribution in [3.05, 3.63) is 70.2 Å². The predicted molar refractivity (Wildman–Crippen MR) is 82.7 cm³/mol. The van der Waals surface area contributed by atoms with Crippen molar-refractivity contribution in [2.75, 3.05) is 6.54 Å². The standard InChI is InChI=1S/C17H20ClN/c1-13-7-3-4-8-14(13)11-17(2,12-19)15-9-5-6-10-16(15)18/h3-10H,11-12,19H2,1-2H3. The largest absolute Gasteiger partial charge is 0.330 e. The van der Waals surface area contributed by atoms with Crippen molar-refractivity contribution in [2.24, 2.45) is 5.73 Å². The minimum absolute atomic E-state index is 0.134. The molecule has 2 heteroatoms.